The normalized spacial score (nSPS) is 14.2. The zero-order chi connectivity index (χ0) is 17.9. The molecular formula is C18H19N5O2S. The zero-order valence-electron chi connectivity index (χ0n) is 14.4. The largest absolute Gasteiger partial charge is 0.356 e. The molecule has 0 bridgehead atoms. The van der Waals surface area contributed by atoms with Gasteiger partial charge in [-0.1, -0.05) is 11.2 Å². The average molecular weight is 369 g/mol. The number of aryl methyl sites for hydroxylation is 1. The maximum atomic E-state index is 11.7. The molecule has 26 heavy (non-hydrogen) atoms. The predicted octanol–water partition coefficient (Wildman–Crippen LogP) is 3.20. The van der Waals surface area contributed by atoms with Gasteiger partial charge in [-0.25, -0.2) is 9.97 Å². The van der Waals surface area contributed by atoms with Gasteiger partial charge in [-0.05, 0) is 24.8 Å². The molecule has 4 heterocycles. The second kappa shape index (κ2) is 7.25. The summed E-state index contributed by atoms with van der Waals surface area (Å²) < 4.78 is 5.40. The van der Waals surface area contributed by atoms with Crippen molar-refractivity contribution in [2.75, 3.05) is 25.0 Å². The molecule has 8 heteroatoms. The minimum absolute atomic E-state index is 0.225. The van der Waals surface area contributed by atoms with Gasteiger partial charge in [0.25, 0.3) is 0 Å². The standard InChI is InChI=1S/C18H19N5O2S/c1-12-10-14(25-22-12)13-11-20-18(21-17(13)15-4-3-9-26-15)19-6-8-23-7-2-5-16(23)24/h3-4,9-11H,2,5-8H2,1H3,(H,19,20,21). The third-order valence-electron chi connectivity index (χ3n) is 4.27. The van der Waals surface area contributed by atoms with Gasteiger partial charge in [-0.15, -0.1) is 11.3 Å². The Balaban J connectivity index is 1.55. The number of amides is 1. The smallest absolute Gasteiger partial charge is 0.223 e. The van der Waals surface area contributed by atoms with Gasteiger partial charge in [0.05, 0.1) is 21.8 Å². The molecule has 1 saturated heterocycles. The van der Waals surface area contributed by atoms with E-state index in [1.807, 2.05) is 35.4 Å². The fraction of sp³-hybridized carbons (Fsp3) is 0.333. The number of carbonyl (C=O) groups is 1. The molecule has 1 amide bonds. The molecule has 0 aromatic carbocycles. The SMILES string of the molecule is Cc1cc(-c2cnc(NCCN3CCCC3=O)nc2-c2cccs2)on1. The number of likely N-dealkylation sites (tertiary alicyclic amines) is 1. The van der Waals surface area contributed by atoms with Gasteiger partial charge in [-0.2, -0.15) is 0 Å². The summed E-state index contributed by atoms with van der Waals surface area (Å²) in [5.74, 6) is 1.42. The highest BCUT2D eigenvalue weighted by Gasteiger charge is 2.20. The van der Waals surface area contributed by atoms with Crippen LogP contribution in [0.25, 0.3) is 21.9 Å². The summed E-state index contributed by atoms with van der Waals surface area (Å²) in [6, 6.07) is 5.89. The molecule has 0 unspecified atom stereocenters. The van der Waals surface area contributed by atoms with Crippen LogP contribution in [0, 0.1) is 6.92 Å². The maximum absolute atomic E-state index is 11.7. The minimum atomic E-state index is 0.225. The molecule has 1 N–H and O–H groups in total. The van der Waals surface area contributed by atoms with Crippen molar-refractivity contribution in [3.63, 3.8) is 0 Å². The van der Waals surface area contributed by atoms with Gasteiger partial charge in [0.1, 0.15) is 0 Å². The number of anilines is 1. The van der Waals surface area contributed by atoms with Crippen LogP contribution in [0.15, 0.2) is 34.3 Å². The van der Waals surface area contributed by atoms with E-state index < -0.39 is 0 Å². The number of aromatic nitrogens is 3. The molecule has 3 aromatic rings. The first kappa shape index (κ1) is 16.7. The van der Waals surface area contributed by atoms with Crippen molar-refractivity contribution in [1.29, 1.82) is 0 Å². The predicted molar refractivity (Wildman–Crippen MR) is 99.9 cm³/mol. The Labute approximate surface area is 155 Å². The first-order chi connectivity index (χ1) is 12.7. The monoisotopic (exact) mass is 369 g/mol. The van der Waals surface area contributed by atoms with Gasteiger partial charge in [0.15, 0.2) is 5.76 Å². The highest BCUT2D eigenvalue weighted by Crippen LogP contribution is 2.33. The first-order valence-electron chi connectivity index (χ1n) is 8.57. The van der Waals surface area contributed by atoms with E-state index in [1.54, 1.807) is 17.5 Å². The highest BCUT2D eigenvalue weighted by atomic mass is 32.1. The molecule has 1 aliphatic heterocycles. The summed E-state index contributed by atoms with van der Waals surface area (Å²) >= 11 is 1.61. The molecule has 134 valence electrons. The lowest BCUT2D eigenvalue weighted by Gasteiger charge is -2.16. The molecule has 0 radical (unpaired) electrons. The van der Waals surface area contributed by atoms with Crippen LogP contribution < -0.4 is 5.32 Å². The first-order valence-corrected chi connectivity index (χ1v) is 9.45. The molecule has 0 aliphatic carbocycles. The van der Waals surface area contributed by atoms with E-state index >= 15 is 0 Å². The van der Waals surface area contributed by atoms with Gasteiger partial charge in [0.2, 0.25) is 11.9 Å². The van der Waals surface area contributed by atoms with Crippen LogP contribution in [0.2, 0.25) is 0 Å². The Morgan fingerprint density at radius 3 is 3.04 bits per heavy atom. The van der Waals surface area contributed by atoms with E-state index in [9.17, 15) is 4.79 Å². The third kappa shape index (κ3) is 3.45. The Morgan fingerprint density at radius 2 is 2.35 bits per heavy atom. The summed E-state index contributed by atoms with van der Waals surface area (Å²) in [6.07, 6.45) is 3.36. The van der Waals surface area contributed by atoms with Crippen molar-refractivity contribution in [2.24, 2.45) is 0 Å². The van der Waals surface area contributed by atoms with Crippen LogP contribution in [-0.2, 0) is 4.79 Å². The lowest BCUT2D eigenvalue weighted by Crippen LogP contribution is -2.30. The van der Waals surface area contributed by atoms with E-state index in [0.717, 1.165) is 34.8 Å². The number of hydrogen-bond donors (Lipinski definition) is 1. The number of carbonyl (C=O) groups excluding carboxylic acids is 1. The summed E-state index contributed by atoms with van der Waals surface area (Å²) in [6.45, 7) is 4.01. The summed E-state index contributed by atoms with van der Waals surface area (Å²) in [7, 11) is 0. The molecule has 0 atom stereocenters. The molecular weight excluding hydrogens is 350 g/mol. The number of nitrogens with one attached hydrogen (secondary N) is 1. The maximum Gasteiger partial charge on any atom is 0.223 e. The topological polar surface area (TPSA) is 84.2 Å². The summed E-state index contributed by atoms with van der Waals surface area (Å²) in [5.41, 5.74) is 2.44. The van der Waals surface area contributed by atoms with Crippen LogP contribution in [0.5, 0.6) is 0 Å². The van der Waals surface area contributed by atoms with Crippen molar-refractivity contribution in [2.45, 2.75) is 19.8 Å². The molecule has 1 fully saturated rings. The molecule has 0 spiro atoms. The molecule has 1 aliphatic rings. The zero-order valence-corrected chi connectivity index (χ0v) is 15.3. The number of thiophene rings is 1. The van der Waals surface area contributed by atoms with Crippen molar-refractivity contribution < 1.29 is 9.32 Å². The Bertz CT molecular complexity index is 906. The van der Waals surface area contributed by atoms with Gasteiger partial charge >= 0.3 is 0 Å². The summed E-state index contributed by atoms with van der Waals surface area (Å²) in [5, 5.41) is 9.19. The average Bonchev–Trinajstić information content (AvgIpc) is 3.38. The fourth-order valence-electron chi connectivity index (χ4n) is 2.98. The molecule has 0 saturated carbocycles. The Hall–Kier alpha value is -2.74. The summed E-state index contributed by atoms with van der Waals surface area (Å²) in [4.78, 5) is 23.7. The number of nitrogens with zero attached hydrogens (tertiary/aromatic N) is 4. The van der Waals surface area contributed by atoms with Crippen LogP contribution >= 0.6 is 11.3 Å². The molecule has 3 aromatic heterocycles. The van der Waals surface area contributed by atoms with E-state index in [4.69, 9.17) is 4.52 Å². The van der Waals surface area contributed by atoms with Gasteiger partial charge in [0, 0.05) is 38.3 Å². The van der Waals surface area contributed by atoms with Crippen LogP contribution in [0.3, 0.4) is 0 Å². The van der Waals surface area contributed by atoms with E-state index in [2.05, 4.69) is 20.4 Å². The van der Waals surface area contributed by atoms with E-state index in [1.165, 1.54) is 0 Å². The quantitative estimate of drug-likeness (QED) is 0.718. The van der Waals surface area contributed by atoms with Gasteiger partial charge < -0.3 is 14.7 Å². The van der Waals surface area contributed by atoms with E-state index in [-0.39, 0.29) is 5.91 Å². The van der Waals surface area contributed by atoms with Crippen molar-refractivity contribution in [3.8, 4) is 21.9 Å². The third-order valence-corrected chi connectivity index (χ3v) is 5.15. The minimum Gasteiger partial charge on any atom is -0.356 e. The second-order valence-corrected chi connectivity index (χ2v) is 7.12. The fourth-order valence-corrected chi connectivity index (χ4v) is 3.71. The molecule has 4 rings (SSSR count). The van der Waals surface area contributed by atoms with Crippen molar-refractivity contribution in [1.82, 2.24) is 20.0 Å². The van der Waals surface area contributed by atoms with Crippen LogP contribution in [-0.4, -0.2) is 45.6 Å². The lowest BCUT2D eigenvalue weighted by molar-refractivity contribution is -0.127. The van der Waals surface area contributed by atoms with Crippen LogP contribution in [0.4, 0.5) is 5.95 Å². The lowest BCUT2D eigenvalue weighted by atomic mass is 10.1. The Morgan fingerprint density at radius 1 is 1.42 bits per heavy atom. The van der Waals surface area contributed by atoms with Gasteiger partial charge in [-0.3, -0.25) is 4.79 Å². The number of hydrogen-bond acceptors (Lipinski definition) is 7. The Kier molecular flexibility index (Phi) is 4.66. The van der Waals surface area contributed by atoms with Crippen molar-refractivity contribution in [3.05, 3.63) is 35.5 Å². The number of rotatable bonds is 6. The van der Waals surface area contributed by atoms with Crippen LogP contribution in [0.1, 0.15) is 18.5 Å². The van der Waals surface area contributed by atoms with E-state index in [0.29, 0.717) is 31.2 Å². The van der Waals surface area contributed by atoms with Crippen molar-refractivity contribution >= 4 is 23.2 Å². The second-order valence-electron chi connectivity index (χ2n) is 6.18. The highest BCUT2D eigenvalue weighted by molar-refractivity contribution is 7.13. The molecule has 7 nitrogen and oxygen atoms in total.